The van der Waals surface area contributed by atoms with E-state index in [4.69, 9.17) is 22.6 Å². The van der Waals surface area contributed by atoms with Crippen molar-refractivity contribution in [2.24, 2.45) is 57.7 Å². The maximum Gasteiger partial charge on any atom is 1.00 e. The molecule has 15 atom stereocenters. The van der Waals surface area contributed by atoms with Crippen molar-refractivity contribution < 1.29 is 108 Å². The van der Waals surface area contributed by atoms with Crippen LogP contribution in [0.25, 0.3) is 0 Å². The molecule has 0 spiro atoms. The molecule has 7 fully saturated rings. The number of rotatable bonds is 9. The van der Waals surface area contributed by atoms with Crippen LogP contribution in [-0.2, 0) is 43.4 Å². The fourth-order valence-corrected chi connectivity index (χ4v) is 14.1. The van der Waals surface area contributed by atoms with E-state index in [0.717, 1.165) is 44.9 Å². The van der Waals surface area contributed by atoms with Crippen LogP contribution in [-0.4, -0.2) is 61.9 Å². The van der Waals surface area contributed by atoms with Crippen molar-refractivity contribution in [1.29, 1.82) is 0 Å². The Morgan fingerprint density at radius 3 is 2.06 bits per heavy atom. The van der Waals surface area contributed by atoms with Gasteiger partial charge in [-0.25, -0.2) is 16.8 Å². The first-order chi connectivity index (χ1) is 21.7. The van der Waals surface area contributed by atoms with Gasteiger partial charge in [0.05, 0.1) is 12.2 Å². The van der Waals surface area contributed by atoms with Gasteiger partial charge >= 0.3 is 59.1 Å². The van der Waals surface area contributed by atoms with Gasteiger partial charge in [-0.05, 0) is 123 Å². The number of hydrogen-bond acceptors (Lipinski definition) is 11. The van der Waals surface area contributed by atoms with Crippen LogP contribution in [0.1, 0.15) is 119 Å². The molecule has 5 saturated carbocycles. The fraction of sp³-hybridized carbons (Fsp3) is 1.00. The minimum absolute atomic E-state index is 0. The van der Waals surface area contributed by atoms with Gasteiger partial charge in [-0.3, -0.25) is 8.37 Å². The van der Waals surface area contributed by atoms with Crippen LogP contribution in [0.3, 0.4) is 0 Å². The molecule has 49 heavy (non-hydrogen) atoms. The zero-order valence-corrected chi connectivity index (χ0v) is 36.6. The molecule has 2 heterocycles. The summed E-state index contributed by atoms with van der Waals surface area (Å²) in [6.45, 7) is 16.0. The quantitative estimate of drug-likeness (QED) is 0.173. The molecule has 0 aromatic rings. The fourth-order valence-electron chi connectivity index (χ4n) is 13.1. The Morgan fingerprint density at radius 1 is 0.857 bits per heavy atom. The molecule has 7 aliphatic rings. The van der Waals surface area contributed by atoms with Crippen LogP contribution in [0, 0.1) is 57.7 Å². The molecule has 5 aliphatic carbocycles. The van der Waals surface area contributed by atoms with Gasteiger partial charge in [0, 0.05) is 12.3 Å². The summed E-state index contributed by atoms with van der Waals surface area (Å²) in [6, 6.07) is 0. The monoisotopic (exact) mass is 748 g/mol. The Bertz CT molecular complexity index is 1480. The van der Waals surface area contributed by atoms with Gasteiger partial charge in [-0.2, -0.15) is 0 Å². The van der Waals surface area contributed by atoms with Crippen molar-refractivity contribution in [2.75, 3.05) is 0 Å². The van der Waals surface area contributed by atoms with Gasteiger partial charge in [0.2, 0.25) is 20.8 Å². The van der Waals surface area contributed by atoms with E-state index in [1.54, 1.807) is 0 Å². The molecular formula is C34H54Na2O11S2. The summed E-state index contributed by atoms with van der Waals surface area (Å²) in [7, 11) is -10.3. The third kappa shape index (κ3) is 6.91. The van der Waals surface area contributed by atoms with E-state index in [0.29, 0.717) is 30.1 Å². The first-order valence-corrected chi connectivity index (χ1v) is 20.7. The average molecular weight is 749 g/mol. The van der Waals surface area contributed by atoms with Crippen LogP contribution in [0.5, 0.6) is 0 Å². The maximum absolute atomic E-state index is 11.7. The summed E-state index contributed by atoms with van der Waals surface area (Å²) in [6.07, 6.45) is 5.85. The Kier molecular flexibility index (Phi) is 11.7. The normalized spacial score (nSPS) is 51.5. The molecule has 270 valence electrons. The summed E-state index contributed by atoms with van der Waals surface area (Å²) in [5, 5.41) is 0. The number of hydrogen-bond donors (Lipinski definition) is 0. The van der Waals surface area contributed by atoms with Gasteiger partial charge in [0.15, 0.2) is 0 Å². The predicted octanol–water partition coefficient (Wildman–Crippen LogP) is -0.337. The maximum atomic E-state index is 11.7. The molecule has 2 saturated heterocycles. The Balaban J connectivity index is 0.00000234. The molecule has 15 heteroatoms. The Morgan fingerprint density at radius 2 is 1.49 bits per heavy atom. The summed E-state index contributed by atoms with van der Waals surface area (Å²) in [5.41, 5.74) is -0.702. The molecule has 0 aromatic heterocycles. The van der Waals surface area contributed by atoms with Crippen molar-refractivity contribution in [3.8, 4) is 0 Å². The SMILES string of the molecule is CCCC12O[C@H]3C[C@H]4[C@@H]5CC[C@H]6C[C@H](OS(=O)(=O)[O-])[C@@H](OS(=O)(=O)[O-])C[C@]6(C)[C@H]5CC[C@]4(C)[C@H]3[C@@](C)(O1)[C@H](C[C@]1(C(C)C)CC1C)O2.[Na+].[Na+]. The second-order valence-corrected chi connectivity index (χ2v) is 19.6. The first kappa shape index (κ1) is 41.8. The summed E-state index contributed by atoms with van der Waals surface area (Å²) in [5.74, 6) is 1.26. The molecule has 0 aromatic carbocycles. The first-order valence-electron chi connectivity index (χ1n) is 18.0. The van der Waals surface area contributed by atoms with Crippen molar-refractivity contribution in [3.05, 3.63) is 0 Å². The van der Waals surface area contributed by atoms with E-state index in [1.165, 1.54) is 6.42 Å². The Hall–Kier alpha value is 1.62. The van der Waals surface area contributed by atoms with Crippen LogP contribution >= 0.6 is 0 Å². The minimum atomic E-state index is -5.16. The molecule has 2 bridgehead atoms. The van der Waals surface area contributed by atoms with Gasteiger partial charge in [0.25, 0.3) is 5.97 Å². The number of ether oxygens (including phenoxy) is 3. The van der Waals surface area contributed by atoms with Crippen LogP contribution in [0.2, 0.25) is 0 Å². The molecule has 2 unspecified atom stereocenters. The summed E-state index contributed by atoms with van der Waals surface area (Å²) < 4.78 is 101. The van der Waals surface area contributed by atoms with Crippen molar-refractivity contribution >= 4 is 20.8 Å². The predicted molar refractivity (Wildman–Crippen MR) is 168 cm³/mol. The Labute approximate surface area is 338 Å². The molecule has 11 nitrogen and oxygen atoms in total. The zero-order valence-electron chi connectivity index (χ0n) is 30.9. The smallest absolute Gasteiger partial charge is 0.726 e. The molecular weight excluding hydrogens is 694 g/mol. The minimum Gasteiger partial charge on any atom is -0.726 e. The van der Waals surface area contributed by atoms with E-state index in [9.17, 15) is 25.9 Å². The van der Waals surface area contributed by atoms with Crippen LogP contribution < -0.4 is 59.1 Å². The second-order valence-electron chi connectivity index (χ2n) is 17.6. The third-order valence-corrected chi connectivity index (χ3v) is 16.2. The van der Waals surface area contributed by atoms with Crippen LogP contribution in [0.15, 0.2) is 0 Å². The second kappa shape index (κ2) is 13.7. The number of fused-ring (bicyclic) bond motifs is 10. The van der Waals surface area contributed by atoms with E-state index in [1.807, 2.05) is 0 Å². The van der Waals surface area contributed by atoms with Gasteiger partial charge in [-0.1, -0.05) is 41.5 Å². The van der Waals surface area contributed by atoms with Crippen LogP contribution in [0.4, 0.5) is 0 Å². The topological polar surface area (TPSA) is 161 Å². The molecule has 7 rings (SSSR count). The van der Waals surface area contributed by atoms with Gasteiger partial charge in [-0.15, -0.1) is 0 Å². The van der Waals surface area contributed by atoms with E-state index < -0.39 is 50.0 Å². The third-order valence-electron chi connectivity index (χ3n) is 15.2. The zero-order chi connectivity index (χ0) is 34.2. The van der Waals surface area contributed by atoms with Crippen molar-refractivity contribution in [1.82, 2.24) is 0 Å². The molecule has 0 amide bonds. The molecule has 2 aliphatic heterocycles. The van der Waals surface area contributed by atoms with E-state index >= 15 is 0 Å². The van der Waals surface area contributed by atoms with Gasteiger partial charge < -0.3 is 23.3 Å². The largest absolute Gasteiger partial charge is 1.00 e. The van der Waals surface area contributed by atoms with Crippen molar-refractivity contribution in [3.63, 3.8) is 0 Å². The summed E-state index contributed by atoms with van der Waals surface area (Å²) in [4.78, 5) is 0. The van der Waals surface area contributed by atoms with Crippen molar-refractivity contribution in [2.45, 2.75) is 155 Å². The average Bonchev–Trinajstić information content (AvgIpc) is 3.39. The molecule has 0 N–H and O–H groups in total. The summed E-state index contributed by atoms with van der Waals surface area (Å²) >= 11 is 0. The van der Waals surface area contributed by atoms with Gasteiger partial charge in [0.1, 0.15) is 17.8 Å². The molecule has 0 radical (unpaired) electrons. The van der Waals surface area contributed by atoms with E-state index in [2.05, 4.69) is 48.5 Å². The standard InChI is InChI=1S/C34H56O11S2.2Na/c1-8-12-34-41-26-15-24-22-10-9-21-14-25(43-46(35,36)37)27(44-47(38,39)40)17-31(21,6)23(22)11-13-30(24,5)29(26)32(7,45-34)28(42-34)18-33(19(2)3)16-20(33)4;;/h19-29H,8-18H2,1-7H3,(H,35,36,37)(H,38,39,40);;/q;2*+1/p-2/t20?,21-,22+,23-,24-,25-,26-,27-,28-,29-,30-,31-,32-,33-,34?;;/m0../s1. The van der Waals surface area contributed by atoms with E-state index in [-0.39, 0.29) is 113 Å².